The first-order chi connectivity index (χ1) is 8.88. The Morgan fingerprint density at radius 2 is 2.39 bits per heavy atom. The summed E-state index contributed by atoms with van der Waals surface area (Å²) in [5.41, 5.74) is 0. The molecule has 18 heavy (non-hydrogen) atoms. The van der Waals surface area contributed by atoms with Crippen LogP contribution in [0.15, 0.2) is 22.8 Å². The molecule has 1 fully saturated rings. The second kappa shape index (κ2) is 7.87. The van der Waals surface area contributed by atoms with Crippen molar-refractivity contribution in [1.29, 1.82) is 0 Å². The molecule has 1 saturated heterocycles. The molecule has 0 bridgehead atoms. The molecule has 0 saturated carbocycles. The van der Waals surface area contributed by atoms with E-state index in [2.05, 4.69) is 16.5 Å². The number of nitrogens with one attached hydrogen (secondary N) is 1. The fourth-order valence-electron chi connectivity index (χ4n) is 2.45. The monoisotopic (exact) mass is 268 g/mol. The Morgan fingerprint density at radius 1 is 1.44 bits per heavy atom. The van der Waals surface area contributed by atoms with Gasteiger partial charge in [-0.1, -0.05) is 0 Å². The molecule has 2 heterocycles. The minimum Gasteiger partial charge on any atom is -0.468 e. The lowest BCUT2D eigenvalue weighted by Crippen LogP contribution is -2.32. The molecule has 0 radical (unpaired) electrons. The highest BCUT2D eigenvalue weighted by Crippen LogP contribution is 2.20. The summed E-state index contributed by atoms with van der Waals surface area (Å²) in [5.74, 6) is 1.02. The number of thioether (sulfide) groups is 1. The first-order valence-electron chi connectivity index (χ1n) is 6.86. The molecule has 2 rings (SSSR count). The van der Waals surface area contributed by atoms with Crippen LogP contribution in [0.1, 0.15) is 25.0 Å². The van der Waals surface area contributed by atoms with E-state index in [0.717, 1.165) is 30.6 Å². The lowest BCUT2D eigenvalue weighted by molar-refractivity contribution is 0.283. The zero-order chi connectivity index (χ0) is 12.6. The number of furan rings is 1. The van der Waals surface area contributed by atoms with Gasteiger partial charge in [0.25, 0.3) is 0 Å². The molecular weight excluding hydrogens is 244 g/mol. The van der Waals surface area contributed by atoms with E-state index < -0.39 is 0 Å². The number of hydrogen-bond donors (Lipinski definition) is 1. The number of rotatable bonds is 6. The van der Waals surface area contributed by atoms with Crippen molar-refractivity contribution in [2.45, 2.75) is 31.1 Å². The summed E-state index contributed by atoms with van der Waals surface area (Å²) in [6.07, 6.45) is 8.06. The van der Waals surface area contributed by atoms with Crippen LogP contribution in [0.5, 0.6) is 0 Å². The van der Waals surface area contributed by atoms with Crippen LogP contribution < -0.4 is 5.32 Å². The van der Waals surface area contributed by atoms with Crippen LogP contribution in [0.25, 0.3) is 0 Å². The van der Waals surface area contributed by atoms with E-state index in [0.29, 0.717) is 0 Å². The van der Waals surface area contributed by atoms with Crippen LogP contribution in [-0.4, -0.2) is 42.6 Å². The van der Waals surface area contributed by atoms with Crippen molar-refractivity contribution in [3.63, 3.8) is 0 Å². The SMILES string of the molecule is CSC1CCCN(CCNCc2ccco2)CC1. The van der Waals surface area contributed by atoms with E-state index >= 15 is 0 Å². The van der Waals surface area contributed by atoms with E-state index in [1.54, 1.807) is 6.26 Å². The third kappa shape index (κ3) is 4.67. The van der Waals surface area contributed by atoms with E-state index in [1.807, 2.05) is 23.9 Å². The summed E-state index contributed by atoms with van der Waals surface area (Å²) in [7, 11) is 0. The van der Waals surface area contributed by atoms with Crippen LogP contribution in [0.4, 0.5) is 0 Å². The maximum atomic E-state index is 5.30. The second-order valence-corrected chi connectivity index (χ2v) is 6.02. The average molecular weight is 268 g/mol. The smallest absolute Gasteiger partial charge is 0.117 e. The van der Waals surface area contributed by atoms with Crippen LogP contribution >= 0.6 is 11.8 Å². The van der Waals surface area contributed by atoms with Crippen molar-refractivity contribution in [2.24, 2.45) is 0 Å². The van der Waals surface area contributed by atoms with Gasteiger partial charge in [-0.15, -0.1) is 0 Å². The summed E-state index contributed by atoms with van der Waals surface area (Å²) >= 11 is 2.03. The molecule has 4 heteroatoms. The summed E-state index contributed by atoms with van der Waals surface area (Å²) in [6, 6.07) is 3.95. The number of likely N-dealkylation sites (tertiary alicyclic amines) is 1. The van der Waals surface area contributed by atoms with Crippen molar-refractivity contribution in [2.75, 3.05) is 32.4 Å². The average Bonchev–Trinajstić information content (AvgIpc) is 2.80. The van der Waals surface area contributed by atoms with Gasteiger partial charge < -0.3 is 14.6 Å². The van der Waals surface area contributed by atoms with Gasteiger partial charge in [0.15, 0.2) is 0 Å². The quantitative estimate of drug-likeness (QED) is 0.803. The van der Waals surface area contributed by atoms with Crippen LogP contribution in [0, 0.1) is 0 Å². The molecule has 1 unspecified atom stereocenters. The Kier molecular flexibility index (Phi) is 6.11. The largest absolute Gasteiger partial charge is 0.468 e. The molecule has 0 amide bonds. The molecular formula is C14H24N2OS. The third-order valence-corrected chi connectivity index (χ3v) is 4.72. The molecule has 1 aromatic rings. The Morgan fingerprint density at radius 3 is 3.17 bits per heavy atom. The predicted molar refractivity (Wildman–Crippen MR) is 78.0 cm³/mol. The van der Waals surface area contributed by atoms with Gasteiger partial charge in [-0.05, 0) is 50.7 Å². The molecule has 1 aliphatic rings. The number of hydrogen-bond acceptors (Lipinski definition) is 4. The fraction of sp³-hybridized carbons (Fsp3) is 0.714. The topological polar surface area (TPSA) is 28.4 Å². The minimum absolute atomic E-state index is 0.842. The van der Waals surface area contributed by atoms with Crippen molar-refractivity contribution < 1.29 is 4.42 Å². The molecule has 1 N–H and O–H groups in total. The van der Waals surface area contributed by atoms with Gasteiger partial charge in [-0.3, -0.25) is 0 Å². The third-order valence-electron chi connectivity index (χ3n) is 3.59. The highest BCUT2D eigenvalue weighted by atomic mass is 32.2. The summed E-state index contributed by atoms with van der Waals surface area (Å²) in [4.78, 5) is 2.59. The highest BCUT2D eigenvalue weighted by molar-refractivity contribution is 7.99. The minimum atomic E-state index is 0.842. The van der Waals surface area contributed by atoms with Gasteiger partial charge >= 0.3 is 0 Å². The Hall–Kier alpha value is -0.450. The predicted octanol–water partition coefficient (Wildman–Crippen LogP) is 2.59. The summed E-state index contributed by atoms with van der Waals surface area (Å²) in [6.45, 7) is 5.56. The molecule has 0 spiro atoms. The van der Waals surface area contributed by atoms with Crippen LogP contribution in [0.2, 0.25) is 0 Å². The van der Waals surface area contributed by atoms with Crippen molar-refractivity contribution in [3.05, 3.63) is 24.2 Å². The zero-order valence-electron chi connectivity index (χ0n) is 11.2. The van der Waals surface area contributed by atoms with E-state index in [4.69, 9.17) is 4.42 Å². The molecule has 3 nitrogen and oxygen atoms in total. The van der Waals surface area contributed by atoms with Gasteiger partial charge in [0.1, 0.15) is 5.76 Å². The maximum Gasteiger partial charge on any atom is 0.117 e. The Balaban J connectivity index is 1.58. The van der Waals surface area contributed by atoms with Crippen molar-refractivity contribution in [3.8, 4) is 0 Å². The molecule has 102 valence electrons. The van der Waals surface area contributed by atoms with Gasteiger partial charge in [0.2, 0.25) is 0 Å². The normalized spacial score (nSPS) is 21.9. The van der Waals surface area contributed by atoms with Gasteiger partial charge in [0.05, 0.1) is 12.8 Å². The van der Waals surface area contributed by atoms with E-state index in [1.165, 1.54) is 32.4 Å². The first-order valence-corrected chi connectivity index (χ1v) is 8.15. The zero-order valence-corrected chi connectivity index (χ0v) is 12.0. The Labute approximate surface area is 114 Å². The van der Waals surface area contributed by atoms with Gasteiger partial charge in [-0.25, -0.2) is 0 Å². The lowest BCUT2D eigenvalue weighted by atomic mass is 10.2. The van der Waals surface area contributed by atoms with Crippen molar-refractivity contribution >= 4 is 11.8 Å². The van der Waals surface area contributed by atoms with E-state index in [9.17, 15) is 0 Å². The maximum absolute atomic E-state index is 5.30. The standard InChI is InChI=1S/C14H24N2OS/c1-18-14-5-2-8-16(9-6-14)10-7-15-12-13-4-3-11-17-13/h3-4,11,14-15H,2,5-10,12H2,1H3. The second-order valence-electron chi connectivity index (χ2n) is 4.89. The van der Waals surface area contributed by atoms with Gasteiger partial charge in [0, 0.05) is 18.3 Å². The lowest BCUT2D eigenvalue weighted by Gasteiger charge is -2.19. The summed E-state index contributed by atoms with van der Waals surface area (Å²) < 4.78 is 5.30. The van der Waals surface area contributed by atoms with Crippen LogP contribution in [0.3, 0.4) is 0 Å². The summed E-state index contributed by atoms with van der Waals surface area (Å²) in [5, 5.41) is 4.32. The highest BCUT2D eigenvalue weighted by Gasteiger charge is 2.15. The first kappa shape index (κ1) is 14.0. The Bertz CT molecular complexity index is 316. The molecule has 0 aromatic carbocycles. The van der Waals surface area contributed by atoms with Gasteiger partial charge in [-0.2, -0.15) is 11.8 Å². The van der Waals surface area contributed by atoms with E-state index in [-0.39, 0.29) is 0 Å². The molecule has 1 aliphatic heterocycles. The van der Waals surface area contributed by atoms with Crippen LogP contribution in [-0.2, 0) is 6.54 Å². The molecule has 1 atom stereocenters. The molecule has 1 aromatic heterocycles. The molecule has 0 aliphatic carbocycles. The fourth-order valence-corrected chi connectivity index (χ4v) is 3.19. The number of nitrogens with zero attached hydrogens (tertiary/aromatic N) is 1. The van der Waals surface area contributed by atoms with Crippen molar-refractivity contribution in [1.82, 2.24) is 10.2 Å².